The molecule has 12 heteroatoms. The zero-order valence-corrected chi connectivity index (χ0v) is 29.1. The Kier molecular flexibility index (Phi) is 13.3. The van der Waals surface area contributed by atoms with Crippen LogP contribution in [0.3, 0.4) is 0 Å². The lowest BCUT2D eigenvalue weighted by atomic mass is 10.0. The molecule has 0 bridgehead atoms. The van der Waals surface area contributed by atoms with Gasteiger partial charge in [0, 0.05) is 29.6 Å². The van der Waals surface area contributed by atoms with E-state index in [1.54, 1.807) is 30.3 Å². The number of unbranched alkanes of at least 4 members (excludes halogenated alkanes) is 1. The van der Waals surface area contributed by atoms with E-state index in [-0.39, 0.29) is 34.5 Å². The first-order valence-electron chi connectivity index (χ1n) is 15.6. The molecule has 0 aliphatic rings. The molecule has 1 atom stereocenters. The maximum Gasteiger partial charge on any atom is 0.264 e. The molecule has 0 saturated heterocycles. The molecule has 0 aromatic heterocycles. The molecule has 4 aromatic rings. The maximum atomic E-state index is 14.6. The van der Waals surface area contributed by atoms with Crippen LogP contribution in [0.25, 0.3) is 0 Å². The molecular formula is C36H38Cl2FN3O5S. The van der Waals surface area contributed by atoms with Gasteiger partial charge in [-0.15, -0.1) is 0 Å². The van der Waals surface area contributed by atoms with E-state index in [1.807, 2.05) is 44.2 Å². The van der Waals surface area contributed by atoms with E-state index in [2.05, 4.69) is 5.32 Å². The molecule has 1 unspecified atom stereocenters. The molecule has 8 nitrogen and oxygen atoms in total. The Morgan fingerprint density at radius 3 is 2.23 bits per heavy atom. The SMILES string of the molecule is CCCCNC(=O)C(Cc1ccccc1)N(Cc1ccc(Cl)cc1Cl)C(=O)CN(c1ccc(OCC)cc1)S(=O)(=O)c1ccc(F)cc1. The van der Waals surface area contributed by atoms with E-state index >= 15 is 0 Å². The van der Waals surface area contributed by atoms with Gasteiger partial charge in [0.2, 0.25) is 11.8 Å². The summed E-state index contributed by atoms with van der Waals surface area (Å²) in [5, 5.41) is 3.63. The van der Waals surface area contributed by atoms with Crippen molar-refractivity contribution in [2.24, 2.45) is 0 Å². The average Bonchev–Trinajstić information content (AvgIpc) is 3.07. The van der Waals surface area contributed by atoms with Gasteiger partial charge in [0.1, 0.15) is 24.2 Å². The number of benzene rings is 4. The Bertz CT molecular complexity index is 1780. The van der Waals surface area contributed by atoms with Crippen LogP contribution in [0.4, 0.5) is 10.1 Å². The number of hydrogen-bond acceptors (Lipinski definition) is 5. The first-order chi connectivity index (χ1) is 23.0. The van der Waals surface area contributed by atoms with E-state index in [0.29, 0.717) is 29.5 Å². The highest BCUT2D eigenvalue weighted by Gasteiger charge is 2.35. The zero-order valence-electron chi connectivity index (χ0n) is 26.7. The number of halogens is 3. The summed E-state index contributed by atoms with van der Waals surface area (Å²) in [5.41, 5.74) is 1.49. The van der Waals surface area contributed by atoms with Crippen LogP contribution in [-0.4, -0.2) is 50.9 Å². The minimum Gasteiger partial charge on any atom is -0.494 e. The molecule has 1 N–H and O–H groups in total. The van der Waals surface area contributed by atoms with Crippen molar-refractivity contribution in [3.63, 3.8) is 0 Å². The molecule has 0 spiro atoms. The summed E-state index contributed by atoms with van der Waals surface area (Å²) in [4.78, 5) is 29.6. The molecule has 0 radical (unpaired) electrons. The highest BCUT2D eigenvalue weighted by Crippen LogP contribution is 2.28. The minimum atomic E-state index is -4.40. The van der Waals surface area contributed by atoms with Gasteiger partial charge in [-0.25, -0.2) is 12.8 Å². The van der Waals surface area contributed by atoms with Gasteiger partial charge >= 0.3 is 0 Å². The van der Waals surface area contributed by atoms with Crippen molar-refractivity contribution in [2.45, 2.75) is 50.6 Å². The topological polar surface area (TPSA) is 96.0 Å². The number of sulfonamides is 1. The number of ether oxygens (including phenoxy) is 1. The molecule has 48 heavy (non-hydrogen) atoms. The molecular weight excluding hydrogens is 676 g/mol. The van der Waals surface area contributed by atoms with Crippen molar-refractivity contribution in [1.82, 2.24) is 10.2 Å². The molecule has 4 rings (SSSR count). The standard InChI is InChI=1S/C36H38Cl2FN3O5S/c1-3-5-21-40-36(44)34(22-26-9-7-6-8-10-26)41(24-27-11-12-28(37)23-33(27)38)35(43)25-42(30-15-17-31(18-16-30)47-4-2)48(45,46)32-19-13-29(39)14-20-32/h6-20,23,34H,3-5,21-22,24-25H2,1-2H3,(H,40,44). The fourth-order valence-corrected chi connectivity index (χ4v) is 6.91. The van der Waals surface area contributed by atoms with Crippen LogP contribution in [0, 0.1) is 5.82 Å². The van der Waals surface area contributed by atoms with Crippen molar-refractivity contribution < 1.29 is 27.1 Å². The average molecular weight is 715 g/mol. The largest absolute Gasteiger partial charge is 0.494 e. The number of hydrogen-bond donors (Lipinski definition) is 1. The van der Waals surface area contributed by atoms with Crippen molar-refractivity contribution in [1.29, 1.82) is 0 Å². The van der Waals surface area contributed by atoms with Gasteiger partial charge in [-0.05, 0) is 85.1 Å². The first-order valence-corrected chi connectivity index (χ1v) is 17.8. The van der Waals surface area contributed by atoms with Crippen molar-refractivity contribution >= 4 is 50.7 Å². The summed E-state index contributed by atoms with van der Waals surface area (Å²) in [6.45, 7) is 3.85. The second kappa shape index (κ2) is 17.3. The monoisotopic (exact) mass is 713 g/mol. The van der Waals surface area contributed by atoms with Gasteiger partial charge in [-0.1, -0.05) is 72.9 Å². The highest BCUT2D eigenvalue weighted by molar-refractivity contribution is 7.92. The Labute approximate surface area is 291 Å². The van der Waals surface area contributed by atoms with E-state index in [0.717, 1.165) is 47.0 Å². The summed E-state index contributed by atoms with van der Waals surface area (Å²) < 4.78 is 48.5. The Balaban J connectivity index is 1.81. The minimum absolute atomic E-state index is 0.110. The third-order valence-corrected chi connectivity index (χ3v) is 9.95. The van der Waals surface area contributed by atoms with Gasteiger partial charge in [0.25, 0.3) is 10.0 Å². The van der Waals surface area contributed by atoms with Crippen molar-refractivity contribution in [3.8, 4) is 5.75 Å². The summed E-state index contributed by atoms with van der Waals surface area (Å²) in [7, 11) is -4.40. The molecule has 0 heterocycles. The van der Waals surface area contributed by atoms with Gasteiger partial charge in [-0.3, -0.25) is 13.9 Å². The Morgan fingerprint density at radius 1 is 0.917 bits per heavy atom. The quantitative estimate of drug-likeness (QED) is 0.123. The van der Waals surface area contributed by atoms with Crippen LogP contribution in [0.5, 0.6) is 5.75 Å². The van der Waals surface area contributed by atoms with E-state index in [4.69, 9.17) is 27.9 Å². The summed E-state index contributed by atoms with van der Waals surface area (Å²) in [6, 6.07) is 23.7. The molecule has 0 aliphatic carbocycles. The second-order valence-electron chi connectivity index (χ2n) is 11.0. The van der Waals surface area contributed by atoms with E-state index < -0.39 is 34.3 Å². The number of anilines is 1. The number of rotatable bonds is 16. The van der Waals surface area contributed by atoms with E-state index in [1.165, 1.54) is 17.0 Å². The van der Waals surface area contributed by atoms with Crippen LogP contribution in [0.2, 0.25) is 10.0 Å². The fraction of sp³-hybridized carbons (Fsp3) is 0.278. The predicted octanol–water partition coefficient (Wildman–Crippen LogP) is 7.28. The van der Waals surface area contributed by atoms with Gasteiger partial charge in [0.05, 0.1) is 17.2 Å². The normalized spacial score (nSPS) is 11.9. The van der Waals surface area contributed by atoms with Crippen molar-refractivity contribution in [3.05, 3.63) is 124 Å². The number of nitrogens with zero attached hydrogens (tertiary/aromatic N) is 2. The second-order valence-corrected chi connectivity index (χ2v) is 13.7. The van der Waals surface area contributed by atoms with Crippen molar-refractivity contribution in [2.75, 3.05) is 24.0 Å². The fourth-order valence-electron chi connectivity index (χ4n) is 5.03. The Morgan fingerprint density at radius 2 is 1.60 bits per heavy atom. The molecule has 0 aliphatic heterocycles. The van der Waals surface area contributed by atoms with Gasteiger partial charge in [-0.2, -0.15) is 0 Å². The number of amides is 2. The van der Waals surface area contributed by atoms with Crippen LogP contribution in [0.1, 0.15) is 37.8 Å². The maximum absolute atomic E-state index is 14.6. The van der Waals surface area contributed by atoms with Crippen LogP contribution < -0.4 is 14.4 Å². The number of nitrogens with one attached hydrogen (secondary N) is 1. The van der Waals surface area contributed by atoms with E-state index in [9.17, 15) is 22.4 Å². The smallest absolute Gasteiger partial charge is 0.264 e. The highest BCUT2D eigenvalue weighted by atomic mass is 35.5. The van der Waals surface area contributed by atoms with Crippen LogP contribution >= 0.6 is 23.2 Å². The summed E-state index contributed by atoms with van der Waals surface area (Å²) in [5.74, 6) is -1.15. The number of carbonyl (C=O) groups is 2. The van der Waals surface area contributed by atoms with Gasteiger partial charge in [0.15, 0.2) is 0 Å². The van der Waals surface area contributed by atoms with Crippen LogP contribution in [-0.2, 0) is 32.6 Å². The predicted molar refractivity (Wildman–Crippen MR) is 187 cm³/mol. The summed E-state index contributed by atoms with van der Waals surface area (Å²) in [6.07, 6.45) is 1.75. The molecule has 254 valence electrons. The molecule has 0 fully saturated rings. The molecule has 0 saturated carbocycles. The third kappa shape index (κ3) is 9.71. The lowest BCUT2D eigenvalue weighted by Crippen LogP contribution is -2.53. The lowest BCUT2D eigenvalue weighted by Gasteiger charge is -2.34. The van der Waals surface area contributed by atoms with Crippen LogP contribution in [0.15, 0.2) is 102 Å². The van der Waals surface area contributed by atoms with Gasteiger partial charge < -0.3 is 15.0 Å². The molecule has 2 amide bonds. The zero-order chi connectivity index (χ0) is 34.7. The summed E-state index contributed by atoms with van der Waals surface area (Å²) >= 11 is 12.7. The lowest BCUT2D eigenvalue weighted by molar-refractivity contribution is -0.140. The third-order valence-electron chi connectivity index (χ3n) is 7.57. The molecule has 4 aromatic carbocycles. The first kappa shape index (κ1) is 36.7. The Hall–Kier alpha value is -4.12. The number of carbonyl (C=O) groups excluding carboxylic acids is 2.